The predicted molar refractivity (Wildman–Crippen MR) is 90.4 cm³/mol. The van der Waals surface area contributed by atoms with Crippen LogP contribution < -0.4 is 0 Å². The maximum Gasteiger partial charge on any atom is 0.230 e. The van der Waals surface area contributed by atoms with Crippen molar-refractivity contribution >= 4 is 5.91 Å². The van der Waals surface area contributed by atoms with Crippen LogP contribution in [-0.4, -0.2) is 23.9 Å². The van der Waals surface area contributed by atoms with Crippen molar-refractivity contribution in [1.29, 1.82) is 0 Å². The van der Waals surface area contributed by atoms with Gasteiger partial charge >= 0.3 is 0 Å². The number of hydrogen-bond acceptors (Lipinski definition) is 1. The van der Waals surface area contributed by atoms with Crippen LogP contribution in [0.25, 0.3) is 0 Å². The first-order chi connectivity index (χ1) is 9.99. The van der Waals surface area contributed by atoms with Crippen LogP contribution in [0.2, 0.25) is 0 Å². The Bertz CT molecular complexity index is 463. The molecule has 2 nitrogen and oxygen atoms in total. The van der Waals surface area contributed by atoms with E-state index in [-0.39, 0.29) is 11.8 Å². The highest BCUT2D eigenvalue weighted by Crippen LogP contribution is 2.20. The lowest BCUT2D eigenvalue weighted by molar-refractivity contribution is -0.131. The van der Waals surface area contributed by atoms with Crippen molar-refractivity contribution in [3.8, 4) is 0 Å². The lowest BCUT2D eigenvalue weighted by Crippen LogP contribution is -2.34. The number of carbonyl (C=O) groups is 1. The second-order valence-electron chi connectivity index (χ2n) is 5.88. The molecule has 0 saturated heterocycles. The highest BCUT2D eigenvalue weighted by atomic mass is 16.2. The molecule has 1 aromatic rings. The van der Waals surface area contributed by atoms with Crippen LogP contribution in [0.1, 0.15) is 37.8 Å². The minimum Gasteiger partial charge on any atom is -0.335 e. The summed E-state index contributed by atoms with van der Waals surface area (Å²) in [6.07, 6.45) is 4.57. The summed E-state index contributed by atoms with van der Waals surface area (Å²) in [5.74, 6) is 0.620. The van der Waals surface area contributed by atoms with Gasteiger partial charge in [0.05, 0.1) is 5.92 Å². The van der Waals surface area contributed by atoms with Gasteiger partial charge in [0, 0.05) is 13.1 Å². The van der Waals surface area contributed by atoms with E-state index < -0.39 is 0 Å². The Balaban J connectivity index is 2.81. The molecule has 0 fully saturated rings. The van der Waals surface area contributed by atoms with E-state index in [4.69, 9.17) is 0 Å². The van der Waals surface area contributed by atoms with Gasteiger partial charge in [-0.15, -0.1) is 13.2 Å². The predicted octanol–water partition coefficient (Wildman–Crippen LogP) is 4.19. The molecule has 114 valence electrons. The highest BCUT2D eigenvalue weighted by molar-refractivity contribution is 5.83. The van der Waals surface area contributed by atoms with E-state index in [9.17, 15) is 4.79 Å². The van der Waals surface area contributed by atoms with E-state index in [1.807, 2.05) is 6.92 Å². The zero-order chi connectivity index (χ0) is 15.8. The molecule has 0 N–H and O–H groups in total. The Labute approximate surface area is 129 Å². The first kappa shape index (κ1) is 17.2. The molecular formula is C19H27NO. The van der Waals surface area contributed by atoms with E-state index in [1.54, 1.807) is 17.1 Å². The molecule has 0 radical (unpaired) electrons. The molecule has 0 saturated carbocycles. The number of amides is 1. The van der Waals surface area contributed by atoms with Crippen molar-refractivity contribution in [2.45, 2.75) is 33.1 Å². The molecule has 1 amide bonds. The topological polar surface area (TPSA) is 20.3 Å². The average Bonchev–Trinajstić information content (AvgIpc) is 2.46. The fraction of sp³-hybridized carbons (Fsp3) is 0.421. The third kappa shape index (κ3) is 5.22. The molecule has 1 atom stereocenters. The van der Waals surface area contributed by atoms with Crippen LogP contribution in [0.15, 0.2) is 49.6 Å². The zero-order valence-electron chi connectivity index (χ0n) is 13.5. The third-order valence-corrected chi connectivity index (χ3v) is 3.50. The van der Waals surface area contributed by atoms with Gasteiger partial charge in [0.15, 0.2) is 0 Å². The maximum absolute atomic E-state index is 12.5. The first-order valence-electron chi connectivity index (χ1n) is 7.59. The van der Waals surface area contributed by atoms with E-state index >= 15 is 0 Å². The summed E-state index contributed by atoms with van der Waals surface area (Å²) in [7, 11) is 0. The Kier molecular flexibility index (Phi) is 6.93. The molecule has 0 aliphatic heterocycles. The Hall–Kier alpha value is -1.83. The summed E-state index contributed by atoms with van der Waals surface area (Å²) >= 11 is 0. The Morgan fingerprint density at radius 1 is 1.10 bits per heavy atom. The van der Waals surface area contributed by atoms with Gasteiger partial charge in [-0.25, -0.2) is 0 Å². The molecule has 1 rings (SSSR count). The van der Waals surface area contributed by atoms with E-state index in [0.29, 0.717) is 19.0 Å². The van der Waals surface area contributed by atoms with Crippen LogP contribution in [-0.2, 0) is 11.2 Å². The summed E-state index contributed by atoms with van der Waals surface area (Å²) in [5.41, 5.74) is 2.38. The van der Waals surface area contributed by atoms with Gasteiger partial charge in [-0.05, 0) is 30.4 Å². The Morgan fingerprint density at radius 2 is 1.62 bits per heavy atom. The van der Waals surface area contributed by atoms with Gasteiger partial charge in [-0.1, -0.05) is 50.3 Å². The summed E-state index contributed by atoms with van der Waals surface area (Å²) in [6, 6.07) is 8.40. The number of rotatable bonds is 8. The number of hydrogen-bond donors (Lipinski definition) is 0. The molecule has 1 unspecified atom stereocenters. The lowest BCUT2D eigenvalue weighted by Gasteiger charge is -2.23. The molecule has 21 heavy (non-hydrogen) atoms. The van der Waals surface area contributed by atoms with Crippen molar-refractivity contribution < 1.29 is 4.79 Å². The highest BCUT2D eigenvalue weighted by Gasteiger charge is 2.20. The van der Waals surface area contributed by atoms with Crippen LogP contribution in [0.5, 0.6) is 0 Å². The molecule has 0 aromatic heterocycles. The van der Waals surface area contributed by atoms with Gasteiger partial charge in [0.1, 0.15) is 0 Å². The number of nitrogens with zero attached hydrogens (tertiary/aromatic N) is 1. The second-order valence-corrected chi connectivity index (χ2v) is 5.88. The molecule has 0 heterocycles. The van der Waals surface area contributed by atoms with Gasteiger partial charge in [-0.3, -0.25) is 4.79 Å². The number of carbonyl (C=O) groups excluding carboxylic acids is 1. The van der Waals surface area contributed by atoms with Gasteiger partial charge < -0.3 is 4.90 Å². The molecule has 0 aliphatic rings. The van der Waals surface area contributed by atoms with Crippen LogP contribution in [0.3, 0.4) is 0 Å². The Morgan fingerprint density at radius 3 is 2.05 bits per heavy atom. The molecule has 0 bridgehead atoms. The fourth-order valence-corrected chi connectivity index (χ4v) is 2.40. The average molecular weight is 285 g/mol. The second kappa shape index (κ2) is 8.46. The smallest absolute Gasteiger partial charge is 0.230 e. The van der Waals surface area contributed by atoms with Gasteiger partial charge in [0.2, 0.25) is 5.91 Å². The quantitative estimate of drug-likeness (QED) is 0.656. The van der Waals surface area contributed by atoms with Crippen LogP contribution in [0.4, 0.5) is 0 Å². The minimum atomic E-state index is -0.141. The van der Waals surface area contributed by atoms with E-state index in [0.717, 1.165) is 12.0 Å². The van der Waals surface area contributed by atoms with Crippen LogP contribution >= 0.6 is 0 Å². The fourth-order valence-electron chi connectivity index (χ4n) is 2.40. The standard InChI is InChI=1S/C19H27NO/c1-6-12-20(13-7-2)19(21)16(5)18-10-8-17(9-11-18)14-15(3)4/h6-11,15-16H,1-2,12-14H2,3-5H3. The summed E-state index contributed by atoms with van der Waals surface area (Å²) < 4.78 is 0. The van der Waals surface area contributed by atoms with Crippen LogP contribution in [0, 0.1) is 5.92 Å². The lowest BCUT2D eigenvalue weighted by atomic mass is 9.96. The molecule has 1 aromatic carbocycles. The molecule has 0 spiro atoms. The van der Waals surface area contributed by atoms with Crippen molar-refractivity contribution in [3.05, 3.63) is 60.7 Å². The minimum absolute atomic E-state index is 0.117. The van der Waals surface area contributed by atoms with Crippen molar-refractivity contribution in [2.75, 3.05) is 13.1 Å². The summed E-state index contributed by atoms with van der Waals surface area (Å²) in [4.78, 5) is 14.3. The van der Waals surface area contributed by atoms with Crippen molar-refractivity contribution in [1.82, 2.24) is 4.90 Å². The zero-order valence-corrected chi connectivity index (χ0v) is 13.5. The van der Waals surface area contributed by atoms with Gasteiger partial charge in [-0.2, -0.15) is 0 Å². The molecular weight excluding hydrogens is 258 g/mol. The monoisotopic (exact) mass is 285 g/mol. The summed E-state index contributed by atoms with van der Waals surface area (Å²) in [5, 5.41) is 0. The largest absolute Gasteiger partial charge is 0.335 e. The molecule has 2 heteroatoms. The normalized spacial score (nSPS) is 12.0. The third-order valence-electron chi connectivity index (χ3n) is 3.50. The van der Waals surface area contributed by atoms with Crippen molar-refractivity contribution in [2.24, 2.45) is 5.92 Å². The first-order valence-corrected chi connectivity index (χ1v) is 7.59. The SMILES string of the molecule is C=CCN(CC=C)C(=O)C(C)c1ccc(CC(C)C)cc1. The maximum atomic E-state index is 12.5. The van der Waals surface area contributed by atoms with Gasteiger partial charge in [0.25, 0.3) is 0 Å². The number of benzene rings is 1. The summed E-state index contributed by atoms with van der Waals surface area (Å²) in [6.45, 7) is 14.9. The van der Waals surface area contributed by atoms with Crippen molar-refractivity contribution in [3.63, 3.8) is 0 Å². The van der Waals surface area contributed by atoms with E-state index in [2.05, 4.69) is 51.3 Å². The van der Waals surface area contributed by atoms with E-state index in [1.165, 1.54) is 5.56 Å². The molecule has 0 aliphatic carbocycles.